The van der Waals surface area contributed by atoms with Gasteiger partial charge in [0.25, 0.3) is 0 Å². The molecule has 0 aromatic heterocycles. The summed E-state index contributed by atoms with van der Waals surface area (Å²) in [6.45, 7) is 14.6. The molecular weight excluding hydrogens is 248 g/mol. The maximum absolute atomic E-state index is 10.6. The standard InChI is InChI=1S/C18H30O2/c1-8-9-15(19)12-10-13(17(2,3)4)16(20)14(11-12)18(5,6)7/h10-11,15,19-20H,8-9H2,1-7H3. The molecule has 0 heterocycles. The Morgan fingerprint density at radius 1 is 0.950 bits per heavy atom. The minimum atomic E-state index is -0.456. The number of benzene rings is 1. The predicted octanol–water partition coefficient (Wildman–Crippen LogP) is 4.82. The minimum Gasteiger partial charge on any atom is -0.507 e. The van der Waals surface area contributed by atoms with Gasteiger partial charge in [0, 0.05) is 0 Å². The fraction of sp³-hybridized carbons (Fsp3) is 0.667. The van der Waals surface area contributed by atoms with E-state index in [-0.39, 0.29) is 10.8 Å². The van der Waals surface area contributed by atoms with Crippen molar-refractivity contribution in [2.45, 2.75) is 78.2 Å². The lowest BCUT2D eigenvalue weighted by molar-refractivity contribution is 0.166. The van der Waals surface area contributed by atoms with Crippen LogP contribution in [0.3, 0.4) is 0 Å². The van der Waals surface area contributed by atoms with Crippen LogP contribution in [-0.2, 0) is 10.8 Å². The van der Waals surface area contributed by atoms with Gasteiger partial charge < -0.3 is 10.2 Å². The van der Waals surface area contributed by atoms with Crippen molar-refractivity contribution in [2.24, 2.45) is 0 Å². The Balaban J connectivity index is 3.50. The van der Waals surface area contributed by atoms with Crippen molar-refractivity contribution in [3.8, 4) is 5.75 Å². The van der Waals surface area contributed by atoms with Crippen LogP contribution in [-0.4, -0.2) is 10.2 Å². The van der Waals surface area contributed by atoms with Crippen molar-refractivity contribution in [1.29, 1.82) is 0 Å². The van der Waals surface area contributed by atoms with Crippen LogP contribution < -0.4 is 0 Å². The summed E-state index contributed by atoms with van der Waals surface area (Å²) in [5, 5.41) is 20.9. The minimum absolute atomic E-state index is 0.147. The van der Waals surface area contributed by atoms with Gasteiger partial charge in [0.15, 0.2) is 0 Å². The van der Waals surface area contributed by atoms with Crippen LogP contribution in [0.1, 0.15) is 84.1 Å². The first-order valence-corrected chi connectivity index (χ1v) is 7.54. The van der Waals surface area contributed by atoms with Crippen molar-refractivity contribution >= 4 is 0 Å². The maximum Gasteiger partial charge on any atom is 0.123 e. The van der Waals surface area contributed by atoms with E-state index >= 15 is 0 Å². The molecule has 1 atom stereocenters. The molecule has 0 amide bonds. The highest BCUT2D eigenvalue weighted by Crippen LogP contribution is 2.41. The number of aromatic hydroxyl groups is 1. The van der Waals surface area contributed by atoms with Gasteiger partial charge in [0.2, 0.25) is 0 Å². The van der Waals surface area contributed by atoms with Crippen LogP contribution in [0.25, 0.3) is 0 Å². The Morgan fingerprint density at radius 2 is 1.35 bits per heavy atom. The zero-order valence-corrected chi connectivity index (χ0v) is 14.0. The van der Waals surface area contributed by atoms with Gasteiger partial charge >= 0.3 is 0 Å². The van der Waals surface area contributed by atoms with Gasteiger partial charge in [-0.15, -0.1) is 0 Å². The van der Waals surface area contributed by atoms with E-state index in [0.717, 1.165) is 29.5 Å². The Bertz CT molecular complexity index is 426. The lowest BCUT2D eigenvalue weighted by Crippen LogP contribution is -2.18. The quantitative estimate of drug-likeness (QED) is 0.832. The van der Waals surface area contributed by atoms with E-state index in [1.54, 1.807) is 0 Å². The van der Waals surface area contributed by atoms with Crippen molar-refractivity contribution < 1.29 is 10.2 Å². The van der Waals surface area contributed by atoms with Crippen LogP contribution in [0.5, 0.6) is 5.75 Å². The highest BCUT2D eigenvalue weighted by atomic mass is 16.3. The molecule has 1 rings (SSSR count). The van der Waals surface area contributed by atoms with Crippen molar-refractivity contribution in [3.63, 3.8) is 0 Å². The van der Waals surface area contributed by atoms with Gasteiger partial charge in [0.05, 0.1) is 6.10 Å². The molecule has 20 heavy (non-hydrogen) atoms. The summed E-state index contributed by atoms with van der Waals surface area (Å²) in [5.74, 6) is 0.373. The molecule has 0 aliphatic heterocycles. The molecule has 1 unspecified atom stereocenters. The number of hydrogen-bond acceptors (Lipinski definition) is 2. The summed E-state index contributed by atoms with van der Waals surface area (Å²) in [7, 11) is 0. The molecule has 2 heteroatoms. The second-order valence-electron chi connectivity index (χ2n) is 7.77. The number of aliphatic hydroxyl groups is 1. The zero-order valence-electron chi connectivity index (χ0n) is 14.0. The fourth-order valence-corrected chi connectivity index (χ4v) is 2.43. The van der Waals surface area contributed by atoms with E-state index in [0.29, 0.717) is 5.75 Å². The lowest BCUT2D eigenvalue weighted by atomic mass is 9.77. The van der Waals surface area contributed by atoms with Gasteiger partial charge in [-0.25, -0.2) is 0 Å². The third kappa shape index (κ3) is 3.76. The van der Waals surface area contributed by atoms with Gasteiger partial charge in [0.1, 0.15) is 5.75 Å². The Morgan fingerprint density at radius 3 is 1.65 bits per heavy atom. The second-order valence-corrected chi connectivity index (χ2v) is 7.77. The number of aliphatic hydroxyl groups excluding tert-OH is 1. The van der Waals surface area contributed by atoms with Crippen LogP contribution in [0.15, 0.2) is 12.1 Å². The third-order valence-electron chi connectivity index (χ3n) is 3.70. The van der Waals surface area contributed by atoms with Crippen molar-refractivity contribution in [2.75, 3.05) is 0 Å². The van der Waals surface area contributed by atoms with Crippen molar-refractivity contribution in [1.82, 2.24) is 0 Å². The molecule has 0 saturated heterocycles. The smallest absolute Gasteiger partial charge is 0.123 e. The maximum atomic E-state index is 10.6. The average molecular weight is 278 g/mol. The van der Waals surface area contributed by atoms with E-state index in [4.69, 9.17) is 0 Å². The molecule has 0 fully saturated rings. The van der Waals surface area contributed by atoms with Crippen LogP contribution >= 0.6 is 0 Å². The first-order chi connectivity index (χ1) is 8.98. The van der Waals surface area contributed by atoms with Crippen LogP contribution in [0.2, 0.25) is 0 Å². The predicted molar refractivity (Wildman–Crippen MR) is 85.4 cm³/mol. The van der Waals surface area contributed by atoms with Crippen LogP contribution in [0, 0.1) is 0 Å². The first-order valence-electron chi connectivity index (χ1n) is 7.54. The van der Waals surface area contributed by atoms with E-state index in [1.807, 2.05) is 12.1 Å². The van der Waals surface area contributed by atoms with E-state index in [9.17, 15) is 10.2 Å². The van der Waals surface area contributed by atoms with E-state index < -0.39 is 6.10 Å². The molecule has 0 saturated carbocycles. The van der Waals surface area contributed by atoms with Crippen molar-refractivity contribution in [3.05, 3.63) is 28.8 Å². The number of hydrogen-bond donors (Lipinski definition) is 2. The number of phenolic OH excluding ortho intramolecular Hbond substituents is 1. The van der Waals surface area contributed by atoms with Gasteiger partial charge in [-0.2, -0.15) is 0 Å². The first kappa shape index (κ1) is 17.0. The molecule has 2 nitrogen and oxygen atoms in total. The molecule has 0 spiro atoms. The molecule has 0 radical (unpaired) electrons. The Hall–Kier alpha value is -1.02. The van der Waals surface area contributed by atoms with E-state index in [1.165, 1.54) is 0 Å². The molecule has 1 aromatic carbocycles. The molecule has 0 aliphatic carbocycles. The summed E-state index contributed by atoms with van der Waals surface area (Å²) in [5.41, 5.74) is 2.45. The fourth-order valence-electron chi connectivity index (χ4n) is 2.43. The average Bonchev–Trinajstić information content (AvgIpc) is 2.26. The summed E-state index contributed by atoms with van der Waals surface area (Å²) in [4.78, 5) is 0. The third-order valence-corrected chi connectivity index (χ3v) is 3.70. The van der Waals surface area contributed by atoms with Crippen LogP contribution in [0.4, 0.5) is 0 Å². The Labute approximate surface area is 123 Å². The summed E-state index contributed by atoms with van der Waals surface area (Å²) in [6.07, 6.45) is 1.23. The summed E-state index contributed by atoms with van der Waals surface area (Å²) < 4.78 is 0. The molecule has 114 valence electrons. The number of rotatable bonds is 3. The molecule has 0 bridgehead atoms. The number of phenols is 1. The normalized spacial score (nSPS) is 14.4. The van der Waals surface area contributed by atoms with Gasteiger partial charge in [-0.05, 0) is 46.1 Å². The summed E-state index contributed by atoms with van der Waals surface area (Å²) in [6, 6.07) is 3.93. The molecule has 2 N–H and O–H groups in total. The topological polar surface area (TPSA) is 40.5 Å². The van der Waals surface area contributed by atoms with E-state index in [2.05, 4.69) is 48.5 Å². The Kier molecular flexibility index (Phi) is 4.91. The van der Waals surface area contributed by atoms with Gasteiger partial charge in [-0.1, -0.05) is 54.9 Å². The molecule has 1 aromatic rings. The highest BCUT2D eigenvalue weighted by molar-refractivity contribution is 5.50. The molecule has 0 aliphatic rings. The largest absolute Gasteiger partial charge is 0.507 e. The summed E-state index contributed by atoms with van der Waals surface area (Å²) >= 11 is 0. The second kappa shape index (κ2) is 5.77. The SMILES string of the molecule is CCCC(O)c1cc(C(C)(C)C)c(O)c(C(C)(C)C)c1. The zero-order chi connectivity index (χ0) is 15.7. The monoisotopic (exact) mass is 278 g/mol. The lowest BCUT2D eigenvalue weighted by Gasteiger charge is -2.29. The van der Waals surface area contributed by atoms with Gasteiger partial charge in [-0.3, -0.25) is 0 Å². The molecular formula is C18H30O2. The highest BCUT2D eigenvalue weighted by Gasteiger charge is 2.27.